The first-order chi connectivity index (χ1) is 71.2. The lowest BCUT2D eigenvalue weighted by molar-refractivity contribution is -0.143. The molecule has 46 nitrogen and oxygen atoms in total. The van der Waals surface area contributed by atoms with Gasteiger partial charge in [0.1, 0.15) is 74.2 Å². The lowest BCUT2D eigenvalue weighted by Crippen LogP contribution is -2.54. The number of esters is 2. The number of anilines is 3. The van der Waals surface area contributed by atoms with Gasteiger partial charge < -0.3 is 90.6 Å². The average molecular weight is 2030 g/mol. The van der Waals surface area contributed by atoms with Gasteiger partial charge in [0.15, 0.2) is 39.6 Å². The van der Waals surface area contributed by atoms with Crippen molar-refractivity contribution in [2.75, 3.05) is 102 Å². The molecule has 0 bridgehead atoms. The maximum Gasteiger partial charge on any atom is 0.514 e. The Morgan fingerprint density at radius 1 is 0.252 bits per heavy atom. The lowest BCUT2D eigenvalue weighted by Gasteiger charge is -2.15. The summed E-state index contributed by atoms with van der Waals surface area (Å²) in [6.07, 6.45) is 11.6. The normalized spacial score (nSPS) is 15.5. The number of hydrogen-bond acceptors (Lipinski definition) is 36. The molecule has 4 N–H and O–H groups in total. The van der Waals surface area contributed by atoms with Crippen molar-refractivity contribution >= 4 is 90.3 Å². The van der Waals surface area contributed by atoms with E-state index >= 15 is 0 Å². The summed E-state index contributed by atoms with van der Waals surface area (Å²) in [5.41, 5.74) is 2.38. The number of alkyl carbamates (subject to hydrolysis) is 1. The van der Waals surface area contributed by atoms with Crippen LogP contribution in [-0.4, -0.2) is 186 Å². The molecule has 14 rings (SSSR count). The van der Waals surface area contributed by atoms with Crippen LogP contribution in [0, 0.1) is 0 Å². The maximum absolute atomic E-state index is 14.6. The van der Waals surface area contributed by atoms with Crippen LogP contribution in [0.4, 0.5) is 65.0 Å². The van der Waals surface area contributed by atoms with Gasteiger partial charge in [0.05, 0.1) is 17.1 Å². The Bertz CT molecular complexity index is 5990. The number of benzene rings is 6. The fourth-order valence-electron chi connectivity index (χ4n) is 15.0. The zero-order valence-electron chi connectivity index (χ0n) is 79.4. The SMILES string of the molecule is O=C(CCCCCCCn1c(=O)n(CCCCCCCC(=O)OC/C=C2/COC(=O)O2)c(=O)n(CCCCCCNC(=O)OC/C=C2/COC(=O)O2)c1=O)OC/C=C1/COC(=O)O1.O=C(Nc1ccc(Cc2ccc(-n3c(=O)n(-c4ccc(Cc5ccc(NC(=O)OC/C=C6/COC(=O)O6)cc5)cc4)c(=O)n(-c4ccc(Cc5ccc(NC(=O)OC/C=C6/COC(=O)O6)cc5)cc4)c3=O)cc2)cc1)OC/C=C1/COC(=O)O1. The highest BCUT2D eigenvalue weighted by atomic mass is 16.8. The van der Waals surface area contributed by atoms with Gasteiger partial charge in [-0.15, -0.1) is 0 Å². The summed E-state index contributed by atoms with van der Waals surface area (Å²) in [5.74, 6) is 0.799. The van der Waals surface area contributed by atoms with Crippen molar-refractivity contribution in [1.29, 1.82) is 0 Å². The molecule has 0 aliphatic carbocycles. The summed E-state index contributed by atoms with van der Waals surface area (Å²) in [5, 5.41) is 10.5. The van der Waals surface area contributed by atoms with E-state index in [1.807, 2.05) is 36.4 Å². The number of amides is 4. The van der Waals surface area contributed by atoms with Crippen molar-refractivity contribution in [3.8, 4) is 17.1 Å². The van der Waals surface area contributed by atoms with E-state index in [0.717, 1.165) is 86.5 Å². The molecule has 8 heterocycles. The molecular formula is C101H104N10O36. The Balaban J connectivity index is 0.000000257. The van der Waals surface area contributed by atoms with E-state index in [1.54, 1.807) is 109 Å². The molecule has 147 heavy (non-hydrogen) atoms. The minimum atomic E-state index is -0.906. The Morgan fingerprint density at radius 3 is 0.714 bits per heavy atom. The molecule has 4 amide bonds. The highest BCUT2D eigenvalue weighted by molar-refractivity contribution is 5.86. The summed E-state index contributed by atoms with van der Waals surface area (Å²) < 4.78 is 93.4. The molecule has 0 unspecified atom stereocenters. The van der Waals surface area contributed by atoms with E-state index in [4.69, 9.17) is 56.8 Å². The number of carbonyl (C=O) groups is 12. The molecule has 6 saturated heterocycles. The van der Waals surface area contributed by atoms with E-state index in [-0.39, 0.29) is 152 Å². The molecule has 6 aliphatic rings. The number of rotatable bonds is 47. The van der Waals surface area contributed by atoms with Crippen LogP contribution in [0.3, 0.4) is 0 Å². The van der Waals surface area contributed by atoms with Gasteiger partial charge >= 0.3 is 107 Å². The van der Waals surface area contributed by atoms with Crippen molar-refractivity contribution in [1.82, 2.24) is 32.7 Å². The van der Waals surface area contributed by atoms with E-state index in [1.165, 1.54) is 36.5 Å². The summed E-state index contributed by atoms with van der Waals surface area (Å²) in [6, 6.07) is 41.4. The molecule has 2 aromatic heterocycles. The van der Waals surface area contributed by atoms with Gasteiger partial charge in [-0.05, 0) is 200 Å². The first-order valence-electron chi connectivity index (χ1n) is 47.0. The van der Waals surface area contributed by atoms with Crippen LogP contribution in [0.15, 0.2) is 245 Å². The zero-order valence-corrected chi connectivity index (χ0v) is 79.4. The molecule has 46 heteroatoms. The number of ether oxygens (including phenoxy) is 18. The van der Waals surface area contributed by atoms with Crippen molar-refractivity contribution in [3.05, 3.63) is 313 Å². The molecular weight excluding hydrogens is 1930 g/mol. The summed E-state index contributed by atoms with van der Waals surface area (Å²) >= 11 is 0. The van der Waals surface area contributed by atoms with Crippen molar-refractivity contribution in [3.63, 3.8) is 0 Å². The highest BCUT2D eigenvalue weighted by Crippen LogP contribution is 2.24. The first kappa shape index (κ1) is 107. The highest BCUT2D eigenvalue weighted by Gasteiger charge is 2.27. The topological polar surface area (TPSA) is 551 Å². The third kappa shape index (κ3) is 33.7. The average Bonchev–Trinajstić information content (AvgIpc) is 1.08. The molecule has 6 aromatic carbocycles. The fraction of sp³-hybridized carbons (Fsp3) is 0.347. The predicted molar refractivity (Wildman–Crippen MR) is 513 cm³/mol. The molecule has 0 spiro atoms. The molecule has 0 radical (unpaired) electrons. The van der Waals surface area contributed by atoms with Gasteiger partial charge in [-0.1, -0.05) is 124 Å². The third-order valence-corrected chi connectivity index (χ3v) is 22.5. The number of hydrogen-bond donors (Lipinski definition) is 4. The Labute approximate surface area is 835 Å². The minimum Gasteiger partial charge on any atom is -0.461 e. The van der Waals surface area contributed by atoms with Crippen LogP contribution < -0.4 is 55.4 Å². The Hall–Kier alpha value is -17.8. The molecule has 6 fully saturated rings. The zero-order chi connectivity index (χ0) is 104. The van der Waals surface area contributed by atoms with Gasteiger partial charge in [-0.25, -0.2) is 104 Å². The minimum absolute atomic E-state index is 0.00367. The van der Waals surface area contributed by atoms with Crippen molar-refractivity contribution in [2.24, 2.45) is 0 Å². The smallest absolute Gasteiger partial charge is 0.461 e. The quantitative estimate of drug-likeness (QED) is 0.0156. The summed E-state index contributed by atoms with van der Waals surface area (Å²) in [6.45, 7) is -0.0260. The van der Waals surface area contributed by atoms with E-state index in [0.29, 0.717) is 119 Å². The molecule has 6 aliphatic heterocycles. The van der Waals surface area contributed by atoms with Gasteiger partial charge in [0, 0.05) is 56.1 Å². The van der Waals surface area contributed by atoms with Crippen LogP contribution >= 0.6 is 0 Å². The third-order valence-electron chi connectivity index (χ3n) is 22.5. The van der Waals surface area contributed by atoms with Gasteiger partial charge in [0.25, 0.3) is 0 Å². The second-order valence-corrected chi connectivity index (χ2v) is 33.2. The van der Waals surface area contributed by atoms with Gasteiger partial charge in [-0.3, -0.25) is 25.5 Å². The second-order valence-electron chi connectivity index (χ2n) is 33.2. The van der Waals surface area contributed by atoms with Crippen molar-refractivity contribution in [2.45, 2.75) is 142 Å². The molecule has 0 atom stereocenters. The van der Waals surface area contributed by atoms with Crippen LogP contribution in [0.2, 0.25) is 0 Å². The van der Waals surface area contributed by atoms with Crippen LogP contribution in [-0.2, 0) is 134 Å². The standard InChI is InChI=1S/C60H48N6O18.C41H56N4O18/c67-52(76-28-25-49-34-79-58(73)82-49)61-43-13-1-37(2-14-43)31-40-7-19-46(20-8-40)64-55(70)65(47-21-9-41(10-22-47)32-38-3-15-44(16-4-38)62-53(68)77-29-26-50-35-80-59(74)83-50)57(72)66(56(64)71)48-23-11-42(12-24-48)33-39-5-17-45(18-6-39)63-54(69)78-30-27-51-36-81-60(75)84-51;46-33(55-24-17-30-27-58-39(52)61-30)15-9-3-1-6-12-21-43-36(49)44(22-13-7-2-4-10-16-34(47)56-25-18-31-28-59-40(53)62-31)38(51)45(37(43)50)23-14-8-5-11-20-42-35(48)57-26-19-32-29-60-41(54)63-32/h1-27H,28-36H2,(H,61,67)(H,62,68)(H,63,69);17-19H,1-16,20-29H2,(H,42,48)/b49-25-,50-26-,51-27-;30-17-,31-18-,32-19-. The van der Waals surface area contributed by atoms with E-state index < -0.39 is 107 Å². The summed E-state index contributed by atoms with van der Waals surface area (Å²) in [7, 11) is 0. The van der Waals surface area contributed by atoms with E-state index in [2.05, 4.69) is 49.7 Å². The predicted octanol–water partition coefficient (Wildman–Crippen LogP) is 13.1. The number of unbranched alkanes of at least 4 members (excludes halogenated alkanes) is 11. The maximum atomic E-state index is 14.6. The number of nitrogens with zero attached hydrogens (tertiary/aromatic N) is 6. The first-order valence-corrected chi connectivity index (χ1v) is 47.0. The second kappa shape index (κ2) is 54.5. The summed E-state index contributed by atoms with van der Waals surface area (Å²) in [4.78, 5) is 224. The monoisotopic (exact) mass is 2030 g/mol. The molecule has 0 saturated carbocycles. The molecule has 8 aromatic rings. The van der Waals surface area contributed by atoms with Gasteiger partial charge in [-0.2, -0.15) is 0 Å². The van der Waals surface area contributed by atoms with Crippen LogP contribution in [0.1, 0.15) is 136 Å². The number of nitrogens with one attached hydrogen (secondary N) is 4. The van der Waals surface area contributed by atoms with Gasteiger partial charge in [0.2, 0.25) is 0 Å². The lowest BCUT2D eigenvalue weighted by atomic mass is 10.0. The molecule has 774 valence electrons. The van der Waals surface area contributed by atoms with Crippen LogP contribution in [0.5, 0.6) is 0 Å². The van der Waals surface area contributed by atoms with Crippen molar-refractivity contribution < 1.29 is 143 Å². The largest absolute Gasteiger partial charge is 0.514 e. The Morgan fingerprint density at radius 2 is 0.469 bits per heavy atom. The van der Waals surface area contributed by atoms with E-state index in [9.17, 15) is 86.3 Å². The fourth-order valence-corrected chi connectivity index (χ4v) is 15.0. The number of aromatic nitrogens is 6. The Kier molecular flexibility index (Phi) is 39.5. The number of cyclic esters (lactones) is 12. The van der Waals surface area contributed by atoms with Crippen LogP contribution in [0.25, 0.3) is 17.1 Å². The number of carbonyl (C=O) groups excluding carboxylic acids is 12.